The van der Waals surface area contributed by atoms with Gasteiger partial charge in [-0.25, -0.2) is 0 Å². The number of furan rings is 1. The summed E-state index contributed by atoms with van der Waals surface area (Å²) < 4.78 is 5.80. The van der Waals surface area contributed by atoms with Gasteiger partial charge >= 0.3 is 0 Å². The predicted octanol–water partition coefficient (Wildman–Crippen LogP) is 7.98. The number of nitrogens with one attached hydrogen (secondary N) is 1. The SMILES string of the molecule is CCCCc1ccc(-n2nc3ccc(NC(=O)/C=C/c4ccc(-c5ccc(Cl)cc5Cl)o4)cc3n2)cc1. The van der Waals surface area contributed by atoms with Crippen LogP contribution in [0.2, 0.25) is 10.0 Å². The zero-order valence-corrected chi connectivity index (χ0v) is 21.6. The number of rotatable bonds is 8. The van der Waals surface area contributed by atoms with Gasteiger partial charge in [0.2, 0.25) is 5.91 Å². The molecule has 6 nitrogen and oxygen atoms in total. The van der Waals surface area contributed by atoms with Crippen molar-refractivity contribution in [1.82, 2.24) is 15.0 Å². The highest BCUT2D eigenvalue weighted by molar-refractivity contribution is 6.36. The van der Waals surface area contributed by atoms with Gasteiger partial charge in [0, 0.05) is 22.3 Å². The topological polar surface area (TPSA) is 73.0 Å². The van der Waals surface area contributed by atoms with Gasteiger partial charge in [-0.2, -0.15) is 4.80 Å². The molecule has 0 saturated carbocycles. The molecule has 186 valence electrons. The van der Waals surface area contributed by atoms with E-state index in [2.05, 4.69) is 34.6 Å². The molecular weight excluding hydrogens is 507 g/mol. The maximum atomic E-state index is 12.5. The van der Waals surface area contributed by atoms with Crippen molar-refractivity contribution in [3.8, 4) is 17.0 Å². The maximum absolute atomic E-state index is 12.5. The summed E-state index contributed by atoms with van der Waals surface area (Å²) in [6, 6.07) is 22.5. The number of hydrogen-bond acceptors (Lipinski definition) is 4. The number of aromatic nitrogens is 3. The first kappa shape index (κ1) is 24.8. The number of nitrogens with zero attached hydrogens (tertiary/aromatic N) is 3. The fourth-order valence-corrected chi connectivity index (χ4v) is 4.40. The predicted molar refractivity (Wildman–Crippen MR) is 149 cm³/mol. The van der Waals surface area contributed by atoms with Gasteiger partial charge in [0.1, 0.15) is 22.6 Å². The monoisotopic (exact) mass is 530 g/mol. The highest BCUT2D eigenvalue weighted by Gasteiger charge is 2.10. The molecule has 0 radical (unpaired) electrons. The number of aryl methyl sites for hydroxylation is 1. The molecule has 0 unspecified atom stereocenters. The Morgan fingerprint density at radius 3 is 2.57 bits per heavy atom. The quantitative estimate of drug-likeness (QED) is 0.206. The van der Waals surface area contributed by atoms with Crippen LogP contribution in [-0.2, 0) is 11.2 Å². The number of amides is 1. The number of carbonyl (C=O) groups is 1. The summed E-state index contributed by atoms with van der Waals surface area (Å²) in [6.45, 7) is 2.19. The van der Waals surface area contributed by atoms with E-state index < -0.39 is 0 Å². The number of halogens is 2. The largest absolute Gasteiger partial charge is 0.457 e. The van der Waals surface area contributed by atoms with Gasteiger partial charge in [-0.1, -0.05) is 48.7 Å². The standard InChI is InChI=1S/C29H24Cl2N4O2/c1-2-3-4-19-5-9-22(10-6-19)35-33-26-14-8-21(18-27(26)34-35)32-29(36)16-12-23-11-15-28(37-23)24-13-7-20(30)17-25(24)31/h5-18H,2-4H2,1H3,(H,32,36)/b16-12+. The van der Waals surface area contributed by atoms with E-state index in [-0.39, 0.29) is 5.91 Å². The number of carbonyl (C=O) groups excluding carboxylic acids is 1. The lowest BCUT2D eigenvalue weighted by Crippen LogP contribution is -2.07. The van der Waals surface area contributed by atoms with Crippen molar-refractivity contribution in [2.45, 2.75) is 26.2 Å². The number of fused-ring (bicyclic) bond motifs is 1. The molecule has 37 heavy (non-hydrogen) atoms. The Morgan fingerprint density at radius 2 is 1.78 bits per heavy atom. The van der Waals surface area contributed by atoms with E-state index in [0.717, 1.165) is 23.2 Å². The van der Waals surface area contributed by atoms with Crippen molar-refractivity contribution in [2.75, 3.05) is 5.32 Å². The van der Waals surface area contributed by atoms with E-state index in [1.54, 1.807) is 53.3 Å². The molecule has 5 aromatic rings. The van der Waals surface area contributed by atoms with E-state index in [1.807, 2.05) is 18.2 Å². The van der Waals surface area contributed by atoms with Crippen molar-refractivity contribution in [3.63, 3.8) is 0 Å². The normalized spacial score (nSPS) is 11.4. The fraction of sp³-hybridized carbons (Fsp3) is 0.138. The molecule has 0 spiro atoms. The average Bonchev–Trinajstić information content (AvgIpc) is 3.53. The molecule has 0 aliphatic rings. The van der Waals surface area contributed by atoms with Crippen molar-refractivity contribution in [2.24, 2.45) is 0 Å². The molecule has 0 aliphatic heterocycles. The molecule has 0 aliphatic carbocycles. The van der Waals surface area contributed by atoms with Gasteiger partial charge in [-0.15, -0.1) is 10.2 Å². The van der Waals surface area contributed by atoms with Crippen LogP contribution in [-0.4, -0.2) is 20.9 Å². The molecule has 1 amide bonds. The van der Waals surface area contributed by atoms with Gasteiger partial charge < -0.3 is 9.73 Å². The molecule has 5 rings (SSSR count). The molecule has 0 fully saturated rings. The Balaban J connectivity index is 1.25. The smallest absolute Gasteiger partial charge is 0.248 e. The first-order valence-electron chi connectivity index (χ1n) is 12.0. The van der Waals surface area contributed by atoms with E-state index in [9.17, 15) is 4.79 Å². The third-order valence-corrected chi connectivity index (χ3v) is 6.40. The summed E-state index contributed by atoms with van der Waals surface area (Å²) in [5, 5.41) is 13.0. The minimum absolute atomic E-state index is 0.295. The van der Waals surface area contributed by atoms with Crippen molar-refractivity contribution in [3.05, 3.63) is 100 Å². The van der Waals surface area contributed by atoms with Crippen LogP contribution in [0.25, 0.3) is 34.1 Å². The molecule has 3 aromatic carbocycles. The van der Waals surface area contributed by atoms with E-state index in [0.29, 0.717) is 32.8 Å². The van der Waals surface area contributed by atoms with Crippen LogP contribution in [0, 0.1) is 0 Å². The molecule has 1 N–H and O–H groups in total. The zero-order valence-electron chi connectivity index (χ0n) is 20.1. The van der Waals surface area contributed by atoms with Gasteiger partial charge in [0.25, 0.3) is 0 Å². The molecule has 0 atom stereocenters. The lowest BCUT2D eigenvalue weighted by molar-refractivity contribution is -0.111. The number of anilines is 1. The molecule has 2 aromatic heterocycles. The van der Waals surface area contributed by atoms with E-state index >= 15 is 0 Å². The Bertz CT molecular complexity index is 1590. The minimum atomic E-state index is -0.295. The van der Waals surface area contributed by atoms with Crippen molar-refractivity contribution in [1.29, 1.82) is 0 Å². The summed E-state index contributed by atoms with van der Waals surface area (Å²) in [5.41, 5.74) is 4.98. The third kappa shape index (κ3) is 5.93. The van der Waals surface area contributed by atoms with Crippen LogP contribution in [0.15, 0.2) is 83.3 Å². The van der Waals surface area contributed by atoms with Gasteiger partial charge in [0.05, 0.1) is 10.7 Å². The maximum Gasteiger partial charge on any atom is 0.248 e. The van der Waals surface area contributed by atoms with E-state index in [4.69, 9.17) is 27.6 Å². The Hall–Kier alpha value is -3.87. The lowest BCUT2D eigenvalue weighted by Gasteiger charge is -2.02. The average molecular weight is 531 g/mol. The second kappa shape index (κ2) is 11.0. The number of hydrogen-bond donors (Lipinski definition) is 1. The highest BCUT2D eigenvalue weighted by Crippen LogP contribution is 2.31. The zero-order chi connectivity index (χ0) is 25.8. The van der Waals surface area contributed by atoms with E-state index in [1.165, 1.54) is 24.5 Å². The Labute approximate surface area is 224 Å². The second-order valence-corrected chi connectivity index (χ2v) is 9.46. The van der Waals surface area contributed by atoms with Crippen LogP contribution in [0.3, 0.4) is 0 Å². The molecule has 0 saturated heterocycles. The Kier molecular flexibility index (Phi) is 7.40. The minimum Gasteiger partial charge on any atom is -0.457 e. The lowest BCUT2D eigenvalue weighted by atomic mass is 10.1. The van der Waals surface area contributed by atoms with Gasteiger partial charge in [-0.05, 0) is 85.1 Å². The summed E-state index contributed by atoms with van der Waals surface area (Å²) in [4.78, 5) is 14.1. The summed E-state index contributed by atoms with van der Waals surface area (Å²) in [5.74, 6) is 0.818. The second-order valence-electron chi connectivity index (χ2n) is 8.61. The molecule has 8 heteroatoms. The van der Waals surface area contributed by atoms with Crippen molar-refractivity contribution < 1.29 is 9.21 Å². The third-order valence-electron chi connectivity index (χ3n) is 5.86. The van der Waals surface area contributed by atoms with Crippen LogP contribution < -0.4 is 5.32 Å². The van der Waals surface area contributed by atoms with Gasteiger partial charge in [0.15, 0.2) is 0 Å². The van der Waals surface area contributed by atoms with Crippen LogP contribution in [0.5, 0.6) is 0 Å². The highest BCUT2D eigenvalue weighted by atomic mass is 35.5. The van der Waals surface area contributed by atoms with Crippen LogP contribution >= 0.6 is 23.2 Å². The van der Waals surface area contributed by atoms with Crippen LogP contribution in [0.1, 0.15) is 31.1 Å². The summed E-state index contributed by atoms with van der Waals surface area (Å²) in [6.07, 6.45) is 6.43. The Morgan fingerprint density at radius 1 is 0.973 bits per heavy atom. The van der Waals surface area contributed by atoms with Crippen molar-refractivity contribution >= 4 is 51.9 Å². The fourth-order valence-electron chi connectivity index (χ4n) is 3.90. The first-order valence-corrected chi connectivity index (χ1v) is 12.7. The number of unbranched alkanes of at least 4 members (excludes halogenated alkanes) is 1. The summed E-state index contributed by atoms with van der Waals surface area (Å²) in [7, 11) is 0. The molecular formula is C29H24Cl2N4O2. The van der Waals surface area contributed by atoms with Gasteiger partial charge in [-0.3, -0.25) is 4.79 Å². The van der Waals surface area contributed by atoms with Crippen LogP contribution in [0.4, 0.5) is 5.69 Å². The first-order chi connectivity index (χ1) is 18.0. The number of benzene rings is 3. The summed E-state index contributed by atoms with van der Waals surface area (Å²) >= 11 is 12.2. The molecule has 2 heterocycles. The molecule has 0 bridgehead atoms.